The van der Waals surface area contributed by atoms with Crippen LogP contribution in [0.2, 0.25) is 0 Å². The number of amidine groups is 1. The predicted molar refractivity (Wildman–Crippen MR) is 102 cm³/mol. The topological polar surface area (TPSA) is 100 Å². The monoisotopic (exact) mass is 377 g/mol. The number of aliphatic carboxylic acids is 1. The average Bonchev–Trinajstić information content (AvgIpc) is 2.95. The van der Waals surface area contributed by atoms with Crippen molar-refractivity contribution in [3.63, 3.8) is 0 Å². The van der Waals surface area contributed by atoms with Crippen molar-refractivity contribution in [2.45, 2.75) is 44.5 Å². The van der Waals surface area contributed by atoms with Crippen LogP contribution in [0.15, 0.2) is 34.5 Å². The van der Waals surface area contributed by atoms with E-state index in [0.29, 0.717) is 11.8 Å². The molecule has 2 N–H and O–H groups in total. The third-order valence-corrected chi connectivity index (χ3v) is 4.70. The second-order valence-electron chi connectivity index (χ2n) is 5.84. The molecule has 1 aromatic rings. The van der Waals surface area contributed by atoms with Crippen LogP contribution in [-0.2, 0) is 20.9 Å². The van der Waals surface area contributed by atoms with Crippen molar-refractivity contribution in [1.82, 2.24) is 5.32 Å². The number of ether oxygens (including phenoxy) is 1. The van der Waals surface area contributed by atoms with Crippen molar-refractivity contribution in [3.05, 3.63) is 35.4 Å². The number of nitrogens with zero attached hydrogens (tertiary/aromatic N) is 2. The number of unbranched alkanes of at least 4 members (excludes halogenated alkanes) is 2. The Morgan fingerprint density at radius 2 is 2.12 bits per heavy atom. The van der Waals surface area contributed by atoms with Gasteiger partial charge in [-0.15, -0.1) is 5.10 Å². The number of nitrogens with one attached hydrogen (secondary N) is 1. The van der Waals surface area contributed by atoms with Gasteiger partial charge >= 0.3 is 5.97 Å². The minimum atomic E-state index is -1.02. The second kappa shape index (κ2) is 10.7. The Morgan fingerprint density at radius 1 is 1.35 bits per heavy atom. The highest BCUT2D eigenvalue weighted by Gasteiger charge is 2.32. The summed E-state index contributed by atoms with van der Waals surface area (Å²) < 4.78 is 5.62. The summed E-state index contributed by atoms with van der Waals surface area (Å²) in [7, 11) is 0. The van der Waals surface area contributed by atoms with Crippen LogP contribution in [0.3, 0.4) is 0 Å². The zero-order chi connectivity index (χ0) is 18.8. The number of hydrogen-bond acceptors (Lipinski definition) is 6. The highest BCUT2D eigenvalue weighted by atomic mass is 32.2. The molecular weight excluding hydrogens is 354 g/mol. The van der Waals surface area contributed by atoms with Crippen LogP contribution in [0.25, 0.3) is 0 Å². The predicted octanol–water partition coefficient (Wildman–Crippen LogP) is 2.79. The van der Waals surface area contributed by atoms with Gasteiger partial charge in [-0.05, 0) is 17.5 Å². The summed E-state index contributed by atoms with van der Waals surface area (Å²) >= 11 is 1.08. The van der Waals surface area contributed by atoms with Gasteiger partial charge in [-0.25, -0.2) is 0 Å². The molecule has 0 bridgehead atoms. The first kappa shape index (κ1) is 20.1. The van der Waals surface area contributed by atoms with Crippen LogP contribution in [-0.4, -0.2) is 40.2 Å². The van der Waals surface area contributed by atoms with Crippen molar-refractivity contribution in [3.8, 4) is 0 Å². The van der Waals surface area contributed by atoms with E-state index >= 15 is 0 Å². The lowest BCUT2D eigenvalue weighted by molar-refractivity contribution is -0.138. The minimum Gasteiger partial charge on any atom is -0.481 e. The SMILES string of the molecule is CCCCCOCc1ccc(C=NN=C2NC(=O)C(CC(=O)O)S2)cc1. The lowest BCUT2D eigenvalue weighted by Crippen LogP contribution is -2.26. The Morgan fingerprint density at radius 3 is 2.81 bits per heavy atom. The molecule has 1 aromatic carbocycles. The Labute approximate surface area is 156 Å². The summed E-state index contributed by atoms with van der Waals surface area (Å²) in [4.78, 5) is 22.3. The van der Waals surface area contributed by atoms with E-state index in [9.17, 15) is 9.59 Å². The smallest absolute Gasteiger partial charge is 0.305 e. The van der Waals surface area contributed by atoms with Gasteiger partial charge in [0.2, 0.25) is 5.91 Å². The highest BCUT2D eigenvalue weighted by Crippen LogP contribution is 2.22. The number of benzene rings is 1. The van der Waals surface area contributed by atoms with Crippen molar-refractivity contribution in [2.75, 3.05) is 6.61 Å². The number of rotatable bonds is 10. The molecule has 1 saturated heterocycles. The van der Waals surface area contributed by atoms with Gasteiger partial charge in [-0.2, -0.15) is 5.10 Å². The molecule has 1 aliphatic rings. The van der Waals surface area contributed by atoms with Crippen LogP contribution in [0.5, 0.6) is 0 Å². The van der Waals surface area contributed by atoms with Gasteiger partial charge in [-0.3, -0.25) is 9.59 Å². The van der Waals surface area contributed by atoms with E-state index in [0.717, 1.165) is 35.9 Å². The zero-order valence-electron chi connectivity index (χ0n) is 14.7. The van der Waals surface area contributed by atoms with Gasteiger partial charge in [0.05, 0.1) is 19.2 Å². The standard InChI is InChI=1S/C18H23N3O4S/c1-2-3-4-9-25-12-14-7-5-13(6-8-14)11-19-21-18-20-17(24)15(26-18)10-16(22)23/h5-8,11,15H,2-4,9-10,12H2,1H3,(H,22,23)(H,20,21,24). The quantitative estimate of drug-likeness (QED) is 0.371. The number of carboxylic acids is 1. The van der Waals surface area contributed by atoms with Gasteiger partial charge in [0.15, 0.2) is 5.17 Å². The summed E-state index contributed by atoms with van der Waals surface area (Å²) in [5, 5.41) is 18.8. The van der Waals surface area contributed by atoms with Crippen molar-refractivity contribution in [1.29, 1.82) is 0 Å². The number of carbonyl (C=O) groups is 2. The summed E-state index contributed by atoms with van der Waals surface area (Å²) in [5.74, 6) is -1.37. The molecule has 1 amide bonds. The molecule has 0 radical (unpaired) electrons. The summed E-state index contributed by atoms with van der Waals surface area (Å²) in [6.45, 7) is 3.54. The van der Waals surface area contributed by atoms with E-state index in [4.69, 9.17) is 9.84 Å². The lowest BCUT2D eigenvalue weighted by Gasteiger charge is -2.04. The number of amides is 1. The Hall–Kier alpha value is -2.19. The average molecular weight is 377 g/mol. The van der Waals surface area contributed by atoms with Crippen molar-refractivity contribution < 1.29 is 19.4 Å². The van der Waals surface area contributed by atoms with Gasteiger partial charge in [0.1, 0.15) is 5.25 Å². The molecule has 0 spiro atoms. The van der Waals surface area contributed by atoms with Crippen LogP contribution in [0.1, 0.15) is 43.7 Å². The van der Waals surface area contributed by atoms with Crippen LogP contribution >= 0.6 is 11.8 Å². The van der Waals surface area contributed by atoms with E-state index in [1.165, 1.54) is 12.8 Å². The van der Waals surface area contributed by atoms with E-state index in [-0.39, 0.29) is 12.3 Å². The van der Waals surface area contributed by atoms with Crippen LogP contribution < -0.4 is 5.32 Å². The van der Waals surface area contributed by atoms with E-state index in [1.54, 1.807) is 6.21 Å². The van der Waals surface area contributed by atoms with E-state index < -0.39 is 11.2 Å². The van der Waals surface area contributed by atoms with Gasteiger partial charge < -0.3 is 15.2 Å². The Kier molecular flexibility index (Phi) is 8.30. The molecule has 1 atom stereocenters. The van der Waals surface area contributed by atoms with Crippen LogP contribution in [0, 0.1) is 0 Å². The first-order valence-corrected chi connectivity index (χ1v) is 9.43. The first-order valence-electron chi connectivity index (χ1n) is 8.55. The number of carboxylic acid groups (broad SMARTS) is 1. The fourth-order valence-electron chi connectivity index (χ4n) is 2.24. The van der Waals surface area contributed by atoms with Crippen molar-refractivity contribution in [2.24, 2.45) is 10.2 Å². The molecule has 0 saturated carbocycles. The summed E-state index contributed by atoms with van der Waals surface area (Å²) in [6, 6.07) is 7.79. The number of thioether (sulfide) groups is 1. The molecule has 140 valence electrons. The molecule has 0 aliphatic carbocycles. The molecule has 1 aliphatic heterocycles. The van der Waals surface area contributed by atoms with E-state index in [2.05, 4.69) is 22.4 Å². The Balaban J connectivity index is 1.79. The third kappa shape index (κ3) is 6.97. The van der Waals surface area contributed by atoms with Gasteiger partial charge in [0.25, 0.3) is 0 Å². The van der Waals surface area contributed by atoms with E-state index in [1.807, 2.05) is 24.3 Å². The minimum absolute atomic E-state index is 0.235. The fraction of sp³-hybridized carbons (Fsp3) is 0.444. The third-order valence-electron chi connectivity index (χ3n) is 3.63. The molecule has 2 rings (SSSR count). The van der Waals surface area contributed by atoms with Crippen LogP contribution in [0.4, 0.5) is 0 Å². The molecule has 0 aromatic heterocycles. The van der Waals surface area contributed by atoms with Gasteiger partial charge in [0, 0.05) is 6.61 Å². The lowest BCUT2D eigenvalue weighted by atomic mass is 10.1. The Bertz CT molecular complexity index is 674. The molecule has 1 heterocycles. The summed E-state index contributed by atoms with van der Waals surface area (Å²) in [5.41, 5.74) is 1.97. The highest BCUT2D eigenvalue weighted by molar-refractivity contribution is 8.15. The normalized spacial score (nSPS) is 18.6. The largest absolute Gasteiger partial charge is 0.481 e. The first-order chi connectivity index (χ1) is 12.6. The number of carbonyl (C=O) groups excluding carboxylic acids is 1. The molecule has 8 heteroatoms. The van der Waals surface area contributed by atoms with Gasteiger partial charge in [-0.1, -0.05) is 55.8 Å². The number of hydrogen-bond donors (Lipinski definition) is 2. The maximum Gasteiger partial charge on any atom is 0.305 e. The maximum atomic E-state index is 11.6. The fourth-order valence-corrected chi connectivity index (χ4v) is 3.15. The zero-order valence-corrected chi connectivity index (χ0v) is 15.5. The molecule has 1 unspecified atom stereocenters. The summed E-state index contributed by atoms with van der Waals surface area (Å²) in [6.07, 6.45) is 4.80. The van der Waals surface area contributed by atoms with Crippen molar-refractivity contribution >= 4 is 35.0 Å². The second-order valence-corrected chi connectivity index (χ2v) is 7.04. The molecular formula is C18H23N3O4S. The molecule has 7 nitrogen and oxygen atoms in total. The maximum absolute atomic E-state index is 11.6. The molecule has 26 heavy (non-hydrogen) atoms. The molecule has 1 fully saturated rings.